The molecule has 0 saturated heterocycles. The van der Waals surface area contributed by atoms with E-state index in [9.17, 15) is 0 Å². The van der Waals surface area contributed by atoms with Crippen molar-refractivity contribution in [3.05, 3.63) is 71.0 Å². The molecule has 4 N–H and O–H groups in total. The van der Waals surface area contributed by atoms with Crippen molar-refractivity contribution in [2.45, 2.75) is 116 Å². The number of pyridine rings is 2. The number of aryl methyl sites for hydroxylation is 2. The lowest BCUT2D eigenvalue weighted by molar-refractivity contribution is -0.680. The summed E-state index contributed by atoms with van der Waals surface area (Å²) in [5.41, 5.74) is 23.8. The third-order valence-corrected chi connectivity index (χ3v) is 9.66. The highest BCUT2D eigenvalue weighted by Gasteiger charge is 2.27. The monoisotopic (exact) mass is 536 g/mol. The first kappa shape index (κ1) is 27.1. The van der Waals surface area contributed by atoms with E-state index in [1.165, 1.54) is 134 Å². The number of anilines is 2. The van der Waals surface area contributed by atoms with Gasteiger partial charge < -0.3 is 11.5 Å². The van der Waals surface area contributed by atoms with E-state index in [4.69, 9.17) is 11.5 Å². The van der Waals surface area contributed by atoms with Gasteiger partial charge in [0.2, 0.25) is 11.0 Å². The summed E-state index contributed by atoms with van der Waals surface area (Å²) >= 11 is 0. The number of hydrogen-bond acceptors (Lipinski definition) is 2. The van der Waals surface area contributed by atoms with Crippen LogP contribution < -0.4 is 20.6 Å². The summed E-state index contributed by atoms with van der Waals surface area (Å²) in [6, 6.07) is 17.5. The highest BCUT2D eigenvalue weighted by Crippen LogP contribution is 2.31. The largest absolute Gasteiger partial charge is 0.398 e. The molecule has 2 aliphatic carbocycles. The predicted molar refractivity (Wildman–Crippen MR) is 167 cm³/mol. The van der Waals surface area contributed by atoms with Gasteiger partial charge in [0.05, 0.1) is 22.1 Å². The molecular formula is C36H48N4+2. The predicted octanol–water partition coefficient (Wildman–Crippen LogP) is 7.31. The third-order valence-electron chi connectivity index (χ3n) is 9.66. The van der Waals surface area contributed by atoms with Gasteiger partial charge in [-0.15, -0.1) is 0 Å². The van der Waals surface area contributed by atoms with Crippen molar-refractivity contribution < 1.29 is 9.13 Å². The molecule has 2 heterocycles. The van der Waals surface area contributed by atoms with Crippen LogP contribution in [0.25, 0.3) is 21.8 Å². The minimum absolute atomic E-state index is 1.03. The molecule has 2 aromatic heterocycles. The average Bonchev–Trinajstić information content (AvgIpc) is 3.01. The van der Waals surface area contributed by atoms with E-state index in [0.29, 0.717) is 0 Å². The summed E-state index contributed by atoms with van der Waals surface area (Å²) in [7, 11) is 0. The van der Waals surface area contributed by atoms with Crippen LogP contribution in [0.2, 0.25) is 0 Å². The maximum atomic E-state index is 6.63. The fraction of sp³-hybridized carbons (Fsp3) is 0.500. The summed E-state index contributed by atoms with van der Waals surface area (Å²) in [6.45, 7) is 2.25. The topological polar surface area (TPSA) is 59.8 Å². The molecule has 0 fully saturated rings. The first-order valence-corrected chi connectivity index (χ1v) is 16.2. The zero-order valence-corrected chi connectivity index (χ0v) is 24.4. The van der Waals surface area contributed by atoms with E-state index in [2.05, 4.69) is 57.7 Å². The Morgan fingerprint density at radius 1 is 0.475 bits per heavy atom. The van der Waals surface area contributed by atoms with Crippen molar-refractivity contribution in [3.63, 3.8) is 0 Å². The lowest BCUT2D eigenvalue weighted by Gasteiger charge is -2.19. The maximum absolute atomic E-state index is 6.63. The van der Waals surface area contributed by atoms with Crippen LogP contribution in [0.5, 0.6) is 0 Å². The van der Waals surface area contributed by atoms with Crippen LogP contribution in [0.1, 0.15) is 99.6 Å². The van der Waals surface area contributed by atoms with E-state index >= 15 is 0 Å². The lowest BCUT2D eigenvalue weighted by Crippen LogP contribution is -2.42. The first-order valence-electron chi connectivity index (χ1n) is 16.2. The van der Waals surface area contributed by atoms with E-state index in [1.54, 1.807) is 0 Å². The molecule has 4 nitrogen and oxygen atoms in total. The molecule has 0 atom stereocenters. The minimum Gasteiger partial charge on any atom is -0.398 e. The summed E-state index contributed by atoms with van der Waals surface area (Å²) < 4.78 is 5.22. The molecule has 0 aliphatic heterocycles. The third kappa shape index (κ3) is 5.42. The number of para-hydroxylation sites is 2. The second-order valence-electron chi connectivity index (χ2n) is 12.3. The number of nitrogens with zero attached hydrogens (tertiary/aromatic N) is 2. The first-order chi connectivity index (χ1) is 19.7. The molecule has 2 aliphatic rings. The van der Waals surface area contributed by atoms with Gasteiger partial charge in [-0.1, -0.05) is 49.9 Å². The molecule has 6 rings (SSSR count). The summed E-state index contributed by atoms with van der Waals surface area (Å²) in [6.07, 6.45) is 20.3. The minimum atomic E-state index is 1.03. The molecule has 40 heavy (non-hydrogen) atoms. The summed E-state index contributed by atoms with van der Waals surface area (Å²) in [5, 5.41) is 2.49. The molecule has 210 valence electrons. The SMILES string of the molecule is Nc1c2c([n+](CCCCCCCCCC[n+]3c4c(c(N)c5ccccc53)CCCC4)c3ccccc13)CCCC2. The lowest BCUT2D eigenvalue weighted by atomic mass is 9.92. The molecule has 0 unspecified atom stereocenters. The van der Waals surface area contributed by atoms with Gasteiger partial charge >= 0.3 is 0 Å². The van der Waals surface area contributed by atoms with Gasteiger partial charge in [0.1, 0.15) is 13.1 Å². The number of unbranched alkanes of at least 4 members (excludes halogenated alkanes) is 7. The van der Waals surface area contributed by atoms with E-state index in [1.807, 2.05) is 0 Å². The maximum Gasteiger partial charge on any atom is 0.214 e. The number of benzene rings is 2. The number of nitrogens with two attached hydrogens (primary N) is 2. The molecule has 2 aromatic carbocycles. The Bertz CT molecular complexity index is 1370. The Balaban J connectivity index is 0.965. The zero-order valence-electron chi connectivity index (χ0n) is 24.4. The van der Waals surface area contributed by atoms with Gasteiger partial charge in [0.15, 0.2) is 11.4 Å². The zero-order chi connectivity index (χ0) is 27.3. The number of hydrogen-bond donors (Lipinski definition) is 2. The van der Waals surface area contributed by atoms with Gasteiger partial charge in [-0.3, -0.25) is 0 Å². The standard InChI is InChI=1S/C36H46N4/c37-35-27-17-7-11-21-31(27)39(32-22-12-8-18-28(32)35)25-15-5-3-1-2-4-6-16-26-40-33-23-13-9-19-29(33)36(38)30-20-10-14-24-34(30)40/h7,9,11,13,17,19,21,23,37-38H,1-6,8,10,12,14-16,18,20,22,24-26H2/p+2. The van der Waals surface area contributed by atoms with Crippen molar-refractivity contribution in [3.8, 4) is 0 Å². The molecular weight excluding hydrogens is 488 g/mol. The normalized spacial score (nSPS) is 14.9. The van der Waals surface area contributed by atoms with Crippen molar-refractivity contribution in [1.82, 2.24) is 0 Å². The average molecular weight is 537 g/mol. The van der Waals surface area contributed by atoms with Crippen molar-refractivity contribution >= 4 is 33.2 Å². The van der Waals surface area contributed by atoms with Crippen LogP contribution in [0.3, 0.4) is 0 Å². The molecule has 4 heteroatoms. The van der Waals surface area contributed by atoms with Crippen LogP contribution >= 0.6 is 0 Å². The van der Waals surface area contributed by atoms with Gasteiger partial charge in [0, 0.05) is 48.9 Å². The van der Waals surface area contributed by atoms with Crippen LogP contribution in [0.4, 0.5) is 11.4 Å². The molecule has 0 saturated carbocycles. The van der Waals surface area contributed by atoms with Gasteiger partial charge in [-0.25, -0.2) is 0 Å². The Morgan fingerprint density at radius 2 is 0.850 bits per heavy atom. The second-order valence-corrected chi connectivity index (χ2v) is 12.3. The van der Waals surface area contributed by atoms with Crippen molar-refractivity contribution in [1.29, 1.82) is 0 Å². The fourth-order valence-electron chi connectivity index (χ4n) is 7.56. The Hall–Kier alpha value is -3.14. The Morgan fingerprint density at radius 3 is 1.30 bits per heavy atom. The van der Waals surface area contributed by atoms with Crippen LogP contribution in [-0.4, -0.2) is 0 Å². The summed E-state index contributed by atoms with van der Waals surface area (Å²) in [5.74, 6) is 0. The Labute approximate surface area is 240 Å². The van der Waals surface area contributed by atoms with Crippen molar-refractivity contribution in [2.75, 3.05) is 11.5 Å². The van der Waals surface area contributed by atoms with Gasteiger partial charge in [-0.05, 0) is 63.5 Å². The second kappa shape index (κ2) is 12.6. The number of nitrogen functional groups attached to an aromatic ring is 2. The van der Waals surface area contributed by atoms with Crippen LogP contribution in [0, 0.1) is 0 Å². The molecule has 0 radical (unpaired) electrons. The van der Waals surface area contributed by atoms with Gasteiger partial charge in [-0.2, -0.15) is 9.13 Å². The van der Waals surface area contributed by atoms with Crippen LogP contribution in [-0.2, 0) is 38.8 Å². The molecule has 0 bridgehead atoms. The van der Waals surface area contributed by atoms with E-state index in [-0.39, 0.29) is 0 Å². The molecule has 0 spiro atoms. The molecule has 4 aromatic rings. The number of aromatic nitrogens is 2. The summed E-state index contributed by atoms with van der Waals surface area (Å²) in [4.78, 5) is 0. The fourth-order valence-corrected chi connectivity index (χ4v) is 7.56. The molecule has 0 amide bonds. The van der Waals surface area contributed by atoms with E-state index in [0.717, 1.165) is 37.3 Å². The highest BCUT2D eigenvalue weighted by atomic mass is 15.0. The van der Waals surface area contributed by atoms with Crippen molar-refractivity contribution in [2.24, 2.45) is 0 Å². The van der Waals surface area contributed by atoms with E-state index < -0.39 is 0 Å². The van der Waals surface area contributed by atoms with Gasteiger partial charge in [0.25, 0.3) is 0 Å². The Kier molecular flexibility index (Phi) is 8.51. The number of fused-ring (bicyclic) bond motifs is 4. The van der Waals surface area contributed by atoms with Crippen LogP contribution in [0.15, 0.2) is 48.5 Å². The quantitative estimate of drug-likeness (QED) is 0.156. The number of rotatable bonds is 11. The highest BCUT2D eigenvalue weighted by molar-refractivity contribution is 5.90. The smallest absolute Gasteiger partial charge is 0.214 e.